The number of hydrogen-bond donors (Lipinski definition) is 8. The van der Waals surface area contributed by atoms with Crippen molar-refractivity contribution in [3.8, 4) is 5.75 Å². The SMILES string of the molecule is CN(C)C1C(=O)C(C(=O)NCNC2CC(C)(C)N(O)C(C)(C)C2)=C(O)C2(O)C(=O)C3=C(O)c4c(O)cccc4C(C)(O)C3CC12. The summed E-state index contributed by atoms with van der Waals surface area (Å²) in [6, 6.07) is 2.91. The predicted molar refractivity (Wildman–Crippen MR) is 162 cm³/mol. The van der Waals surface area contributed by atoms with E-state index >= 15 is 0 Å². The molecule has 1 aromatic rings. The minimum absolute atomic E-state index is 0.111. The van der Waals surface area contributed by atoms with Gasteiger partial charge in [-0.05, 0) is 79.6 Å². The number of aliphatic hydroxyl groups is 4. The first-order chi connectivity index (χ1) is 20.7. The van der Waals surface area contributed by atoms with Crippen molar-refractivity contribution in [2.24, 2.45) is 11.8 Å². The maximum Gasteiger partial charge on any atom is 0.259 e. The molecule has 4 aliphatic rings. The predicted octanol–water partition coefficient (Wildman–Crippen LogP) is 1.22. The summed E-state index contributed by atoms with van der Waals surface area (Å²) in [6.07, 6.45) is 0.890. The van der Waals surface area contributed by atoms with Crippen molar-refractivity contribution < 1.29 is 45.1 Å². The molecule has 3 aliphatic carbocycles. The molecule has 1 saturated carbocycles. The van der Waals surface area contributed by atoms with Gasteiger partial charge in [-0.1, -0.05) is 12.1 Å². The number of carbonyl (C=O) groups is 3. The fraction of sp³-hybridized carbons (Fsp3) is 0.594. The van der Waals surface area contributed by atoms with E-state index in [1.807, 2.05) is 27.7 Å². The number of hydrogen-bond acceptors (Lipinski definition) is 12. The summed E-state index contributed by atoms with van der Waals surface area (Å²) >= 11 is 0. The van der Waals surface area contributed by atoms with Crippen LogP contribution in [0.5, 0.6) is 5.75 Å². The maximum absolute atomic E-state index is 14.2. The van der Waals surface area contributed by atoms with Gasteiger partial charge in [0.2, 0.25) is 5.78 Å². The normalized spacial score (nSPS) is 33.2. The Labute approximate surface area is 261 Å². The highest BCUT2D eigenvalue weighted by atomic mass is 16.5. The summed E-state index contributed by atoms with van der Waals surface area (Å²) < 4.78 is 0. The van der Waals surface area contributed by atoms with E-state index in [0.717, 1.165) is 0 Å². The number of piperidine rings is 1. The van der Waals surface area contributed by atoms with Crippen LogP contribution in [-0.4, -0.2) is 108 Å². The highest BCUT2D eigenvalue weighted by Gasteiger charge is 2.66. The lowest BCUT2D eigenvalue weighted by molar-refractivity contribution is -0.246. The van der Waals surface area contributed by atoms with Crippen LogP contribution < -0.4 is 10.6 Å². The van der Waals surface area contributed by atoms with E-state index in [1.165, 1.54) is 35.1 Å². The van der Waals surface area contributed by atoms with Crippen LogP contribution in [0.3, 0.4) is 0 Å². The zero-order valence-electron chi connectivity index (χ0n) is 26.7. The van der Waals surface area contributed by atoms with E-state index in [-0.39, 0.29) is 30.3 Å². The molecular weight excluding hydrogens is 584 g/mol. The number of benzene rings is 1. The molecule has 5 unspecified atom stereocenters. The number of rotatable bonds is 5. The number of ketones is 2. The van der Waals surface area contributed by atoms with E-state index in [0.29, 0.717) is 12.8 Å². The van der Waals surface area contributed by atoms with Gasteiger partial charge in [-0.2, -0.15) is 5.06 Å². The van der Waals surface area contributed by atoms with Crippen molar-refractivity contribution in [3.05, 3.63) is 46.2 Å². The van der Waals surface area contributed by atoms with E-state index in [4.69, 9.17) is 0 Å². The van der Waals surface area contributed by atoms with Crippen LogP contribution in [0.2, 0.25) is 0 Å². The monoisotopic (exact) mass is 628 g/mol. The van der Waals surface area contributed by atoms with E-state index in [2.05, 4.69) is 10.6 Å². The van der Waals surface area contributed by atoms with Gasteiger partial charge < -0.3 is 36.1 Å². The highest BCUT2D eigenvalue weighted by molar-refractivity contribution is 6.25. The Balaban J connectivity index is 1.50. The number of fused-ring (bicyclic) bond motifs is 3. The Morgan fingerprint density at radius 3 is 2.20 bits per heavy atom. The fourth-order valence-electron chi connectivity index (χ4n) is 8.26. The molecule has 2 fully saturated rings. The van der Waals surface area contributed by atoms with Crippen molar-refractivity contribution in [2.45, 2.75) is 88.2 Å². The summed E-state index contributed by atoms with van der Waals surface area (Å²) in [5, 5.41) is 74.7. The number of nitrogens with zero attached hydrogens (tertiary/aromatic N) is 2. The number of phenols is 1. The average molecular weight is 629 g/mol. The quantitative estimate of drug-likeness (QED) is 0.171. The Morgan fingerprint density at radius 2 is 1.62 bits per heavy atom. The van der Waals surface area contributed by atoms with E-state index in [9.17, 15) is 45.1 Å². The fourth-order valence-corrected chi connectivity index (χ4v) is 8.26. The third kappa shape index (κ3) is 4.79. The molecule has 246 valence electrons. The van der Waals surface area contributed by atoms with Crippen LogP contribution in [0.4, 0.5) is 0 Å². The largest absolute Gasteiger partial charge is 0.508 e. The number of phenolic OH excluding ortho intramolecular Hbond substituents is 1. The summed E-state index contributed by atoms with van der Waals surface area (Å²) in [6.45, 7) is 8.90. The molecular formula is C32H44N4O9. The number of aliphatic hydroxyl groups excluding tert-OH is 2. The first-order valence-corrected chi connectivity index (χ1v) is 15.1. The molecule has 8 N–H and O–H groups in total. The Bertz CT molecular complexity index is 1510. The van der Waals surface area contributed by atoms with E-state index < -0.39 is 86.0 Å². The molecule has 1 saturated heterocycles. The van der Waals surface area contributed by atoms with Gasteiger partial charge in [-0.3, -0.25) is 24.6 Å². The summed E-state index contributed by atoms with van der Waals surface area (Å²) in [7, 11) is 3.08. The average Bonchev–Trinajstić information content (AvgIpc) is 2.92. The molecule has 1 amide bonds. The van der Waals surface area contributed by atoms with Gasteiger partial charge in [-0.15, -0.1) is 0 Å². The second-order valence-electron chi connectivity index (χ2n) is 14.5. The molecule has 5 rings (SSSR count). The highest BCUT2D eigenvalue weighted by Crippen LogP contribution is 2.57. The number of hydroxylamine groups is 2. The van der Waals surface area contributed by atoms with Gasteiger partial charge in [-0.25, -0.2) is 0 Å². The van der Waals surface area contributed by atoms with Crippen molar-refractivity contribution in [2.75, 3.05) is 20.8 Å². The minimum atomic E-state index is -2.79. The topological polar surface area (TPSA) is 203 Å². The molecule has 45 heavy (non-hydrogen) atoms. The van der Waals surface area contributed by atoms with Crippen LogP contribution >= 0.6 is 0 Å². The first-order valence-electron chi connectivity index (χ1n) is 15.1. The molecule has 1 aliphatic heterocycles. The summed E-state index contributed by atoms with van der Waals surface area (Å²) in [5.41, 5.74) is -6.90. The number of carbonyl (C=O) groups excluding carboxylic acids is 3. The summed E-state index contributed by atoms with van der Waals surface area (Å²) in [4.78, 5) is 43.0. The lowest BCUT2D eigenvalue weighted by Crippen LogP contribution is -2.67. The third-order valence-electron chi connectivity index (χ3n) is 10.3. The van der Waals surface area contributed by atoms with Crippen LogP contribution in [0.1, 0.15) is 65.0 Å². The van der Waals surface area contributed by atoms with Crippen molar-refractivity contribution >= 4 is 23.2 Å². The Kier molecular flexibility index (Phi) is 7.79. The van der Waals surface area contributed by atoms with E-state index in [1.54, 1.807) is 14.1 Å². The zero-order chi connectivity index (χ0) is 33.6. The molecule has 13 nitrogen and oxygen atoms in total. The lowest BCUT2D eigenvalue weighted by Gasteiger charge is -2.53. The van der Waals surface area contributed by atoms with Crippen LogP contribution in [0, 0.1) is 11.8 Å². The van der Waals surface area contributed by atoms with Crippen molar-refractivity contribution in [1.82, 2.24) is 20.6 Å². The second-order valence-corrected chi connectivity index (χ2v) is 14.5. The van der Waals surface area contributed by atoms with Gasteiger partial charge in [0.05, 0.1) is 23.9 Å². The zero-order valence-corrected chi connectivity index (χ0v) is 26.7. The van der Waals surface area contributed by atoms with Crippen molar-refractivity contribution in [3.63, 3.8) is 0 Å². The van der Waals surface area contributed by atoms with Gasteiger partial charge in [0.1, 0.15) is 22.8 Å². The van der Waals surface area contributed by atoms with Crippen LogP contribution in [-0.2, 0) is 20.0 Å². The molecule has 0 radical (unpaired) electrons. The van der Waals surface area contributed by atoms with Crippen molar-refractivity contribution in [1.29, 1.82) is 0 Å². The number of amides is 1. The standard InChI is InChI=1S/C32H44N4O9/c1-29(2)12-15(13-30(3,4)36(29)45)33-14-34-28(42)22-25(39)23(35(6)7)18-11-17-21(26(40)32(18,44)27(22)41)24(38)20-16(31(17,5)43)9-8-10-19(20)37/h8-10,15,17-18,23,33,37-38,41,43-45H,11-14H2,1-7H3,(H,34,42). The molecule has 1 heterocycles. The maximum atomic E-state index is 14.2. The van der Waals surface area contributed by atoms with Crippen LogP contribution in [0.15, 0.2) is 35.1 Å². The second kappa shape index (κ2) is 10.6. The van der Waals surface area contributed by atoms with Crippen LogP contribution in [0.25, 0.3) is 5.76 Å². The third-order valence-corrected chi connectivity index (χ3v) is 10.3. The Morgan fingerprint density at radius 1 is 1.02 bits per heavy atom. The molecule has 13 heteroatoms. The number of Topliss-reactive ketones (excluding diaryl/α,β-unsaturated/α-hetero) is 2. The van der Waals surface area contributed by atoms with Gasteiger partial charge >= 0.3 is 0 Å². The minimum Gasteiger partial charge on any atom is -0.508 e. The lowest BCUT2D eigenvalue weighted by atomic mass is 9.54. The number of nitrogens with one attached hydrogen (secondary N) is 2. The van der Waals surface area contributed by atoms with Gasteiger partial charge in [0.25, 0.3) is 5.91 Å². The molecule has 0 aromatic heterocycles. The van der Waals surface area contributed by atoms with Gasteiger partial charge in [0, 0.05) is 34.5 Å². The van der Waals surface area contributed by atoms with Gasteiger partial charge in [0.15, 0.2) is 11.4 Å². The molecule has 0 spiro atoms. The summed E-state index contributed by atoms with van der Waals surface area (Å²) in [5.74, 6) is -7.56. The smallest absolute Gasteiger partial charge is 0.259 e. The molecule has 0 bridgehead atoms. The number of aromatic hydroxyl groups is 1. The first kappa shape index (κ1) is 33.0. The Hall–Kier alpha value is -3.33. The molecule has 5 atom stereocenters. The number of likely N-dealkylation sites (N-methyl/N-ethyl adjacent to an activating group) is 1. The molecule has 1 aromatic carbocycles.